The molecule has 0 spiro atoms. The van der Waals surface area contributed by atoms with E-state index in [1.165, 1.54) is 23.0 Å². The molecule has 0 bridgehead atoms. The Morgan fingerprint density at radius 2 is 1.83 bits per heavy atom. The summed E-state index contributed by atoms with van der Waals surface area (Å²) in [6.45, 7) is 4.16. The minimum Gasteiger partial charge on any atom is -0.497 e. The molecule has 2 fully saturated rings. The van der Waals surface area contributed by atoms with Gasteiger partial charge in [-0.2, -0.15) is 5.10 Å². The Kier molecular flexibility index (Phi) is 6.68. The van der Waals surface area contributed by atoms with Gasteiger partial charge in [-0.25, -0.2) is 13.5 Å². The zero-order chi connectivity index (χ0) is 24.4. The van der Waals surface area contributed by atoms with Gasteiger partial charge in [-0.15, -0.1) is 0 Å². The number of halogens is 2. The maximum absolute atomic E-state index is 14.7. The van der Waals surface area contributed by atoms with Crippen molar-refractivity contribution in [3.05, 3.63) is 71.6 Å². The van der Waals surface area contributed by atoms with Crippen LogP contribution < -0.4 is 15.0 Å². The highest BCUT2D eigenvalue weighted by molar-refractivity contribution is 5.95. The summed E-state index contributed by atoms with van der Waals surface area (Å²) in [6.07, 6.45) is 3.17. The second kappa shape index (κ2) is 10.0. The maximum Gasteiger partial charge on any atom is 0.257 e. The minimum atomic E-state index is -0.700. The van der Waals surface area contributed by atoms with Crippen LogP contribution in [0.15, 0.2) is 48.7 Å². The summed E-state index contributed by atoms with van der Waals surface area (Å²) in [5.41, 5.74) is 2.42. The van der Waals surface area contributed by atoms with Crippen LogP contribution in [0.5, 0.6) is 5.75 Å². The molecule has 1 aromatic heterocycles. The molecule has 1 N–H and O–H groups in total. The first-order valence-electron chi connectivity index (χ1n) is 12.0. The van der Waals surface area contributed by atoms with Crippen molar-refractivity contribution in [1.82, 2.24) is 20.0 Å². The highest BCUT2D eigenvalue weighted by Gasteiger charge is 2.31. The molecule has 0 unspecified atom stereocenters. The molecule has 0 saturated carbocycles. The summed E-state index contributed by atoms with van der Waals surface area (Å²) < 4.78 is 35.1. The molecule has 2 aliphatic heterocycles. The highest BCUT2D eigenvalue weighted by Crippen LogP contribution is 2.32. The van der Waals surface area contributed by atoms with Gasteiger partial charge in [0.25, 0.3) is 5.91 Å². The van der Waals surface area contributed by atoms with Crippen LogP contribution in [-0.4, -0.2) is 67.0 Å². The van der Waals surface area contributed by atoms with E-state index >= 15 is 0 Å². The number of nitrogens with one attached hydrogen (secondary N) is 1. The quantitative estimate of drug-likeness (QED) is 0.604. The fourth-order valence-electron chi connectivity index (χ4n) is 5.00. The molecule has 2 aromatic carbocycles. The summed E-state index contributed by atoms with van der Waals surface area (Å²) in [5.74, 6) is -0.591. The number of hydrogen-bond donors (Lipinski definition) is 1. The lowest BCUT2D eigenvalue weighted by molar-refractivity contribution is 0.0744. The third-order valence-electron chi connectivity index (χ3n) is 6.89. The van der Waals surface area contributed by atoms with Gasteiger partial charge in [-0.1, -0.05) is 6.07 Å². The van der Waals surface area contributed by atoms with Gasteiger partial charge in [0, 0.05) is 49.9 Å². The number of amides is 1. The van der Waals surface area contributed by atoms with Crippen LogP contribution in [0.3, 0.4) is 0 Å². The van der Waals surface area contributed by atoms with Gasteiger partial charge in [0.15, 0.2) is 5.82 Å². The monoisotopic (exact) mass is 481 g/mol. The first-order chi connectivity index (χ1) is 17.0. The Morgan fingerprint density at radius 1 is 1.06 bits per heavy atom. The van der Waals surface area contributed by atoms with Gasteiger partial charge >= 0.3 is 0 Å². The largest absolute Gasteiger partial charge is 0.497 e. The number of anilines is 1. The van der Waals surface area contributed by atoms with Crippen molar-refractivity contribution in [3.8, 4) is 11.4 Å². The average molecular weight is 482 g/mol. The minimum absolute atomic E-state index is 0.0558. The second-order valence-electron chi connectivity index (χ2n) is 8.96. The van der Waals surface area contributed by atoms with Gasteiger partial charge in [0.1, 0.15) is 17.3 Å². The Bertz CT molecular complexity index is 1200. The van der Waals surface area contributed by atoms with Crippen LogP contribution in [0.4, 0.5) is 14.5 Å². The molecule has 35 heavy (non-hydrogen) atoms. The molecule has 0 radical (unpaired) electrons. The number of piperazine rings is 1. The van der Waals surface area contributed by atoms with E-state index in [1.54, 1.807) is 7.11 Å². The third kappa shape index (κ3) is 4.73. The standard InChI is InChI=1S/C26H29F2N5O2/c1-35-21-4-2-3-20(16-21)31-11-13-32(14-12-31)26(34)22-17-30-33(24-6-5-19(27)15-23(24)28)25(22)18-7-9-29-10-8-18/h2-6,15-18,29H,7-14H2,1H3. The summed E-state index contributed by atoms with van der Waals surface area (Å²) in [6, 6.07) is 11.3. The lowest BCUT2D eigenvalue weighted by atomic mass is 9.91. The number of ether oxygens (including phenoxy) is 1. The van der Waals surface area contributed by atoms with Crippen molar-refractivity contribution < 1.29 is 18.3 Å². The van der Waals surface area contributed by atoms with Crippen LogP contribution >= 0.6 is 0 Å². The molecule has 1 amide bonds. The van der Waals surface area contributed by atoms with E-state index in [4.69, 9.17) is 4.74 Å². The number of benzene rings is 2. The van der Waals surface area contributed by atoms with E-state index in [1.807, 2.05) is 29.2 Å². The molecule has 0 atom stereocenters. The number of piperidine rings is 1. The van der Waals surface area contributed by atoms with Crippen molar-refractivity contribution in [2.75, 3.05) is 51.3 Å². The number of carbonyl (C=O) groups is 1. The summed E-state index contributed by atoms with van der Waals surface area (Å²) in [4.78, 5) is 17.7. The second-order valence-corrected chi connectivity index (χ2v) is 8.96. The molecule has 7 nitrogen and oxygen atoms in total. The van der Waals surface area contributed by atoms with Gasteiger partial charge in [-0.05, 0) is 50.2 Å². The molecule has 3 heterocycles. The van der Waals surface area contributed by atoms with Crippen LogP contribution in [0, 0.1) is 11.6 Å². The summed E-state index contributed by atoms with van der Waals surface area (Å²) in [7, 11) is 1.65. The van der Waals surface area contributed by atoms with Crippen molar-refractivity contribution in [3.63, 3.8) is 0 Å². The number of carbonyl (C=O) groups excluding carboxylic acids is 1. The van der Waals surface area contributed by atoms with Gasteiger partial charge < -0.3 is 19.9 Å². The molecule has 3 aromatic rings. The average Bonchev–Trinajstić information content (AvgIpc) is 3.33. The first kappa shape index (κ1) is 23.3. The maximum atomic E-state index is 14.7. The lowest BCUT2D eigenvalue weighted by Crippen LogP contribution is -2.49. The molecule has 2 saturated heterocycles. The zero-order valence-electron chi connectivity index (χ0n) is 19.7. The molecule has 0 aliphatic carbocycles. The predicted molar refractivity (Wildman–Crippen MR) is 129 cm³/mol. The topological polar surface area (TPSA) is 62.6 Å². The summed E-state index contributed by atoms with van der Waals surface area (Å²) in [5, 5.41) is 7.74. The van der Waals surface area contributed by atoms with E-state index in [2.05, 4.69) is 15.3 Å². The fourth-order valence-corrected chi connectivity index (χ4v) is 5.00. The molecule has 2 aliphatic rings. The van der Waals surface area contributed by atoms with Crippen molar-refractivity contribution in [1.29, 1.82) is 0 Å². The van der Waals surface area contributed by atoms with Crippen LogP contribution in [0.25, 0.3) is 5.69 Å². The van der Waals surface area contributed by atoms with Crippen molar-refractivity contribution >= 4 is 11.6 Å². The Balaban J connectivity index is 1.40. The fraction of sp³-hybridized carbons (Fsp3) is 0.385. The van der Waals surface area contributed by atoms with E-state index in [0.717, 1.165) is 43.4 Å². The molecule has 184 valence electrons. The Morgan fingerprint density at radius 3 is 2.54 bits per heavy atom. The summed E-state index contributed by atoms with van der Waals surface area (Å²) >= 11 is 0. The number of aromatic nitrogens is 2. The van der Waals surface area contributed by atoms with Crippen LogP contribution in [-0.2, 0) is 0 Å². The van der Waals surface area contributed by atoms with E-state index in [0.29, 0.717) is 37.4 Å². The normalized spacial score (nSPS) is 17.0. The van der Waals surface area contributed by atoms with E-state index in [-0.39, 0.29) is 17.5 Å². The van der Waals surface area contributed by atoms with Gasteiger partial charge in [0.05, 0.1) is 24.6 Å². The Hall–Kier alpha value is -3.46. The highest BCUT2D eigenvalue weighted by atomic mass is 19.1. The molecule has 9 heteroatoms. The van der Waals surface area contributed by atoms with Crippen LogP contribution in [0.1, 0.15) is 34.8 Å². The first-order valence-corrected chi connectivity index (χ1v) is 12.0. The van der Waals surface area contributed by atoms with E-state index < -0.39 is 11.6 Å². The van der Waals surface area contributed by atoms with Gasteiger partial charge in [-0.3, -0.25) is 4.79 Å². The SMILES string of the molecule is COc1cccc(N2CCN(C(=O)c3cnn(-c4ccc(F)cc4F)c3C3CCNCC3)CC2)c1. The van der Waals surface area contributed by atoms with E-state index in [9.17, 15) is 13.6 Å². The number of methoxy groups -OCH3 is 1. The molecular weight excluding hydrogens is 452 g/mol. The van der Waals surface area contributed by atoms with Crippen molar-refractivity contribution in [2.24, 2.45) is 0 Å². The molecule has 5 rings (SSSR count). The number of rotatable bonds is 5. The third-order valence-corrected chi connectivity index (χ3v) is 6.89. The Labute approximate surface area is 203 Å². The molecular formula is C26H29F2N5O2. The predicted octanol–water partition coefficient (Wildman–Crippen LogP) is 3.59. The lowest BCUT2D eigenvalue weighted by Gasteiger charge is -2.36. The number of nitrogens with zero attached hydrogens (tertiary/aromatic N) is 4. The smallest absolute Gasteiger partial charge is 0.257 e. The van der Waals surface area contributed by atoms with Gasteiger partial charge in [0.2, 0.25) is 0 Å². The zero-order valence-corrected chi connectivity index (χ0v) is 19.7. The van der Waals surface area contributed by atoms with Crippen molar-refractivity contribution in [2.45, 2.75) is 18.8 Å². The number of hydrogen-bond acceptors (Lipinski definition) is 5. The van der Waals surface area contributed by atoms with Crippen LogP contribution in [0.2, 0.25) is 0 Å².